The van der Waals surface area contributed by atoms with E-state index in [-0.39, 0.29) is 23.1 Å². The Morgan fingerprint density at radius 2 is 2.33 bits per heavy atom. The molecule has 1 aromatic rings. The van der Waals surface area contributed by atoms with Gasteiger partial charge in [-0.25, -0.2) is 0 Å². The number of hydrogen-bond donors (Lipinski definition) is 0. The summed E-state index contributed by atoms with van der Waals surface area (Å²) in [4.78, 5) is 0. The van der Waals surface area contributed by atoms with Crippen molar-refractivity contribution in [3.63, 3.8) is 0 Å². The highest BCUT2D eigenvalue weighted by molar-refractivity contribution is 9.10. The van der Waals surface area contributed by atoms with Gasteiger partial charge in [-0.3, -0.25) is 0 Å². The maximum absolute atomic E-state index is 7.46. The first kappa shape index (κ1) is 3.99. The van der Waals surface area contributed by atoms with E-state index < -0.39 is 0 Å². The topological polar surface area (TPSA) is 0 Å². The van der Waals surface area contributed by atoms with Crippen molar-refractivity contribution in [2.24, 2.45) is 0 Å². The van der Waals surface area contributed by atoms with Crippen molar-refractivity contribution in [2.45, 2.75) is 6.92 Å². The molecule has 0 aliphatic heterocycles. The van der Waals surface area contributed by atoms with Crippen LogP contribution in [0.15, 0.2) is 22.6 Å². The van der Waals surface area contributed by atoms with E-state index in [0.29, 0.717) is 10.0 Å². The standard InChI is InChI=1S/C7H6BrCl/c1-5-4-6(9)2-3-7(5)8/h2-4H,1H3/i2D,3D,4D. The highest BCUT2D eigenvalue weighted by Gasteiger charge is 1.92. The quantitative estimate of drug-likeness (QED) is 0.613. The highest BCUT2D eigenvalue weighted by atomic mass is 79.9. The third-order valence-electron chi connectivity index (χ3n) is 0.908. The van der Waals surface area contributed by atoms with Gasteiger partial charge in [0.05, 0.1) is 4.11 Å². The monoisotopic (exact) mass is 207 g/mol. The molecule has 0 saturated carbocycles. The van der Waals surface area contributed by atoms with E-state index in [1.54, 1.807) is 6.92 Å². The Labute approximate surface area is 72.2 Å². The van der Waals surface area contributed by atoms with E-state index in [1.807, 2.05) is 0 Å². The fourth-order valence-electron chi connectivity index (χ4n) is 0.454. The predicted molar refractivity (Wildman–Crippen MR) is 43.9 cm³/mol. The van der Waals surface area contributed by atoms with Gasteiger partial charge in [0.15, 0.2) is 0 Å². The van der Waals surface area contributed by atoms with E-state index in [4.69, 9.17) is 15.7 Å². The maximum Gasteiger partial charge on any atom is 0.0642 e. The van der Waals surface area contributed by atoms with Gasteiger partial charge >= 0.3 is 0 Å². The summed E-state index contributed by atoms with van der Waals surface area (Å²) < 4.78 is 22.7. The van der Waals surface area contributed by atoms with Crippen molar-refractivity contribution in [3.8, 4) is 0 Å². The predicted octanol–water partition coefficient (Wildman–Crippen LogP) is 3.41. The molecule has 0 atom stereocenters. The lowest BCUT2D eigenvalue weighted by molar-refractivity contribution is 1.43. The van der Waals surface area contributed by atoms with Gasteiger partial charge in [0, 0.05) is 9.50 Å². The Kier molecular flexibility index (Phi) is 1.20. The van der Waals surface area contributed by atoms with Crippen LogP contribution in [0.25, 0.3) is 0 Å². The summed E-state index contributed by atoms with van der Waals surface area (Å²) in [6.07, 6.45) is 0. The van der Waals surface area contributed by atoms with Crippen LogP contribution < -0.4 is 0 Å². The summed E-state index contributed by atoms with van der Waals surface area (Å²) in [5, 5.41) is 0.0423. The van der Waals surface area contributed by atoms with Crippen LogP contribution in [0.2, 0.25) is 5.02 Å². The molecule has 48 valence electrons. The molecule has 0 aliphatic rings. The van der Waals surface area contributed by atoms with Crippen LogP contribution >= 0.6 is 27.5 Å². The van der Waals surface area contributed by atoms with E-state index in [1.165, 1.54) is 0 Å². The fraction of sp³-hybridized carbons (Fsp3) is 0.143. The molecule has 0 fully saturated rings. The van der Waals surface area contributed by atoms with Gasteiger partial charge in [0.2, 0.25) is 0 Å². The number of halogens is 2. The van der Waals surface area contributed by atoms with Gasteiger partial charge in [-0.1, -0.05) is 27.5 Å². The Bertz CT molecular complexity index is 233. The molecule has 0 aliphatic carbocycles. The van der Waals surface area contributed by atoms with Gasteiger partial charge in [-0.15, -0.1) is 0 Å². The number of rotatable bonds is 0. The Morgan fingerprint density at radius 1 is 1.67 bits per heavy atom. The molecular weight excluding hydrogens is 199 g/mol. The molecule has 0 saturated heterocycles. The summed E-state index contributed by atoms with van der Waals surface area (Å²) in [5.74, 6) is 0. The smallest absolute Gasteiger partial charge is 0.0642 e. The van der Waals surface area contributed by atoms with Gasteiger partial charge in [-0.2, -0.15) is 0 Å². The number of benzene rings is 1. The van der Waals surface area contributed by atoms with Crippen LogP contribution in [0, 0.1) is 6.92 Å². The van der Waals surface area contributed by atoms with Crippen LogP contribution in [0.1, 0.15) is 9.68 Å². The zero-order chi connectivity index (χ0) is 9.46. The minimum Gasteiger partial charge on any atom is -0.0843 e. The molecule has 0 radical (unpaired) electrons. The average molecular weight is 209 g/mol. The van der Waals surface area contributed by atoms with Crippen molar-refractivity contribution < 1.29 is 4.11 Å². The van der Waals surface area contributed by atoms with Gasteiger partial charge in [0.1, 0.15) is 0 Å². The lowest BCUT2D eigenvalue weighted by Crippen LogP contribution is -1.72. The lowest BCUT2D eigenvalue weighted by Gasteiger charge is -1.95. The molecule has 9 heavy (non-hydrogen) atoms. The second-order valence-corrected chi connectivity index (χ2v) is 2.80. The third-order valence-corrected chi connectivity index (χ3v) is 1.89. The molecule has 0 nitrogen and oxygen atoms in total. The van der Waals surface area contributed by atoms with Crippen LogP contribution in [-0.4, -0.2) is 0 Å². The molecule has 1 rings (SSSR count). The second-order valence-electron chi connectivity index (χ2n) is 1.63. The summed E-state index contributed by atoms with van der Waals surface area (Å²) in [6.45, 7) is 1.69. The Balaban J connectivity index is 3.60. The SMILES string of the molecule is [2H]c1c([2H])c(Br)c(C)c([2H])c1Cl. The Morgan fingerprint density at radius 3 is 3.00 bits per heavy atom. The first-order valence-electron chi connectivity index (χ1n) is 3.88. The van der Waals surface area contributed by atoms with Crippen molar-refractivity contribution in [2.75, 3.05) is 0 Å². The van der Waals surface area contributed by atoms with Crippen molar-refractivity contribution in [1.29, 1.82) is 0 Å². The minimum absolute atomic E-state index is 0.0356. The van der Waals surface area contributed by atoms with Gasteiger partial charge in [0.25, 0.3) is 0 Å². The average Bonchev–Trinajstić information content (AvgIpc) is 2.08. The number of hydrogen-bond acceptors (Lipinski definition) is 0. The highest BCUT2D eigenvalue weighted by Crippen LogP contribution is 2.19. The van der Waals surface area contributed by atoms with Crippen molar-refractivity contribution in [3.05, 3.63) is 33.2 Å². The van der Waals surface area contributed by atoms with Crippen LogP contribution in [0.4, 0.5) is 0 Å². The van der Waals surface area contributed by atoms with Gasteiger partial charge in [-0.05, 0) is 30.6 Å². The molecular formula is C7H6BrCl. The molecule has 0 amide bonds. The molecule has 0 aromatic heterocycles. The van der Waals surface area contributed by atoms with Crippen molar-refractivity contribution in [1.82, 2.24) is 0 Å². The van der Waals surface area contributed by atoms with E-state index in [2.05, 4.69) is 15.9 Å². The second kappa shape index (κ2) is 2.72. The van der Waals surface area contributed by atoms with E-state index in [0.717, 1.165) is 0 Å². The summed E-state index contributed by atoms with van der Waals surface area (Å²) in [5.41, 5.74) is 0.598. The summed E-state index contributed by atoms with van der Waals surface area (Å²) in [6, 6.07) is 0.0529. The molecule has 1 aromatic carbocycles. The summed E-state index contributed by atoms with van der Waals surface area (Å²) in [7, 11) is 0. The molecule has 0 bridgehead atoms. The Hall–Kier alpha value is -0.0100. The molecule has 0 unspecified atom stereocenters. The fourth-order valence-corrected chi connectivity index (χ4v) is 0.841. The van der Waals surface area contributed by atoms with Gasteiger partial charge < -0.3 is 0 Å². The third kappa shape index (κ3) is 1.70. The largest absolute Gasteiger partial charge is 0.0843 e. The molecule has 0 N–H and O–H groups in total. The lowest BCUT2D eigenvalue weighted by atomic mass is 10.2. The first-order valence-corrected chi connectivity index (χ1v) is 3.55. The normalized spacial score (nSPS) is 14.3. The summed E-state index contributed by atoms with van der Waals surface area (Å²) >= 11 is 8.77. The van der Waals surface area contributed by atoms with Crippen molar-refractivity contribution >= 4 is 27.5 Å². The van der Waals surface area contributed by atoms with E-state index >= 15 is 0 Å². The minimum atomic E-state index is -0.0980. The first-order chi connectivity index (χ1) is 5.46. The van der Waals surface area contributed by atoms with Crippen LogP contribution in [0.3, 0.4) is 0 Å². The maximum atomic E-state index is 7.46. The van der Waals surface area contributed by atoms with Crippen LogP contribution in [-0.2, 0) is 0 Å². The molecule has 2 heteroatoms. The van der Waals surface area contributed by atoms with E-state index in [9.17, 15) is 0 Å². The molecule has 0 heterocycles. The molecule has 0 spiro atoms. The van der Waals surface area contributed by atoms with Crippen LogP contribution in [0.5, 0.6) is 0 Å². The zero-order valence-corrected chi connectivity index (χ0v) is 7.10. The zero-order valence-electron chi connectivity index (χ0n) is 7.76.